The Kier molecular flexibility index (Phi) is 15.5. The highest BCUT2D eigenvalue weighted by Crippen LogP contribution is 2.10. The van der Waals surface area contributed by atoms with E-state index in [0.29, 0.717) is 6.61 Å². The molecule has 0 bridgehead atoms. The summed E-state index contributed by atoms with van der Waals surface area (Å²) in [6.07, 6.45) is 17.1. The van der Waals surface area contributed by atoms with E-state index in [9.17, 15) is 4.79 Å². The smallest absolute Gasteiger partial charge is 0.302 e. The highest BCUT2D eigenvalue weighted by Gasteiger charge is 1.94. The zero-order valence-electron chi connectivity index (χ0n) is 12.3. The second-order valence-electron chi connectivity index (χ2n) is 4.91. The van der Waals surface area contributed by atoms with E-state index in [1.165, 1.54) is 58.3 Å². The van der Waals surface area contributed by atoms with Crippen molar-refractivity contribution >= 4 is 21.9 Å². The summed E-state index contributed by atoms with van der Waals surface area (Å²) in [5.41, 5.74) is 0. The molecule has 0 spiro atoms. The molecule has 0 N–H and O–H groups in total. The molecule has 19 heavy (non-hydrogen) atoms. The van der Waals surface area contributed by atoms with Gasteiger partial charge in [0.15, 0.2) is 0 Å². The lowest BCUT2D eigenvalue weighted by molar-refractivity contribution is -0.141. The van der Waals surface area contributed by atoms with Crippen LogP contribution in [0.3, 0.4) is 0 Å². The van der Waals surface area contributed by atoms with Crippen molar-refractivity contribution in [3.63, 3.8) is 0 Å². The van der Waals surface area contributed by atoms with Crippen LogP contribution in [0.2, 0.25) is 0 Å². The summed E-state index contributed by atoms with van der Waals surface area (Å²) in [5.74, 6) is -0.162. The molecule has 0 radical (unpaired) electrons. The minimum atomic E-state index is -0.162. The van der Waals surface area contributed by atoms with Gasteiger partial charge in [-0.15, -0.1) is 0 Å². The van der Waals surface area contributed by atoms with Crippen LogP contribution in [0, 0.1) is 0 Å². The van der Waals surface area contributed by atoms with Gasteiger partial charge in [-0.2, -0.15) is 0 Å². The lowest BCUT2D eigenvalue weighted by Gasteiger charge is -2.02. The van der Waals surface area contributed by atoms with Gasteiger partial charge < -0.3 is 4.74 Å². The standard InChI is InChI=1S/C16H29BrO2/c1-16(18)19-15-13-11-9-7-5-3-2-4-6-8-10-12-14-17/h8,10H,2-7,9,11-15H2,1H3/b10-8+. The van der Waals surface area contributed by atoms with Crippen molar-refractivity contribution in [3.05, 3.63) is 12.2 Å². The van der Waals surface area contributed by atoms with Crippen LogP contribution in [-0.4, -0.2) is 17.9 Å². The summed E-state index contributed by atoms with van der Waals surface area (Å²) in [7, 11) is 0. The number of halogens is 1. The number of hydrogen-bond acceptors (Lipinski definition) is 2. The Morgan fingerprint density at radius 2 is 1.42 bits per heavy atom. The molecule has 2 nitrogen and oxygen atoms in total. The third-order valence-electron chi connectivity index (χ3n) is 3.01. The maximum absolute atomic E-state index is 10.5. The average Bonchev–Trinajstić information content (AvgIpc) is 2.39. The number of esters is 1. The summed E-state index contributed by atoms with van der Waals surface area (Å²) >= 11 is 3.41. The minimum Gasteiger partial charge on any atom is -0.466 e. The van der Waals surface area contributed by atoms with Crippen LogP contribution in [0.4, 0.5) is 0 Å². The van der Waals surface area contributed by atoms with Crippen LogP contribution in [-0.2, 0) is 9.53 Å². The Morgan fingerprint density at radius 3 is 2.00 bits per heavy atom. The van der Waals surface area contributed by atoms with Gasteiger partial charge in [0.2, 0.25) is 0 Å². The van der Waals surface area contributed by atoms with E-state index in [4.69, 9.17) is 4.74 Å². The van der Waals surface area contributed by atoms with Crippen molar-refractivity contribution in [2.75, 3.05) is 11.9 Å². The number of ether oxygens (including phenoxy) is 1. The lowest BCUT2D eigenvalue weighted by atomic mass is 10.1. The minimum absolute atomic E-state index is 0.162. The Hall–Kier alpha value is -0.310. The Bertz CT molecular complexity index is 227. The molecular weight excluding hydrogens is 304 g/mol. The summed E-state index contributed by atoms with van der Waals surface area (Å²) in [6.45, 7) is 2.06. The van der Waals surface area contributed by atoms with E-state index >= 15 is 0 Å². The van der Waals surface area contributed by atoms with E-state index in [2.05, 4.69) is 28.1 Å². The van der Waals surface area contributed by atoms with Crippen LogP contribution in [0.5, 0.6) is 0 Å². The molecule has 112 valence electrons. The number of alkyl halides is 1. The molecular formula is C16H29BrO2. The van der Waals surface area contributed by atoms with Gasteiger partial charge >= 0.3 is 5.97 Å². The summed E-state index contributed by atoms with van der Waals surface area (Å²) in [4.78, 5) is 10.5. The van der Waals surface area contributed by atoms with Gasteiger partial charge in [-0.25, -0.2) is 0 Å². The van der Waals surface area contributed by atoms with Crippen molar-refractivity contribution in [2.45, 2.75) is 71.1 Å². The van der Waals surface area contributed by atoms with Crippen LogP contribution in [0.1, 0.15) is 71.1 Å². The monoisotopic (exact) mass is 332 g/mol. The van der Waals surface area contributed by atoms with E-state index < -0.39 is 0 Å². The quantitative estimate of drug-likeness (QED) is 0.195. The molecule has 3 heteroatoms. The molecule has 0 atom stereocenters. The number of carbonyl (C=O) groups excluding carboxylic acids is 1. The zero-order chi connectivity index (χ0) is 14.2. The molecule has 0 aliphatic carbocycles. The topological polar surface area (TPSA) is 26.3 Å². The summed E-state index contributed by atoms with van der Waals surface area (Å²) in [6, 6.07) is 0. The fourth-order valence-electron chi connectivity index (χ4n) is 1.94. The van der Waals surface area contributed by atoms with Crippen LogP contribution < -0.4 is 0 Å². The molecule has 0 aromatic carbocycles. The van der Waals surface area contributed by atoms with Crippen LogP contribution in [0.25, 0.3) is 0 Å². The molecule has 0 heterocycles. The molecule has 0 saturated carbocycles. The molecule has 0 amide bonds. The first kappa shape index (κ1) is 18.7. The third-order valence-corrected chi connectivity index (χ3v) is 3.47. The molecule has 0 saturated heterocycles. The average molecular weight is 333 g/mol. The largest absolute Gasteiger partial charge is 0.466 e. The molecule has 0 aliphatic rings. The van der Waals surface area contributed by atoms with Crippen molar-refractivity contribution in [1.29, 1.82) is 0 Å². The summed E-state index contributed by atoms with van der Waals surface area (Å²) < 4.78 is 4.89. The van der Waals surface area contributed by atoms with Gasteiger partial charge in [-0.05, 0) is 25.7 Å². The fourth-order valence-corrected chi connectivity index (χ4v) is 2.20. The zero-order valence-corrected chi connectivity index (χ0v) is 13.9. The predicted molar refractivity (Wildman–Crippen MR) is 85.7 cm³/mol. The lowest BCUT2D eigenvalue weighted by Crippen LogP contribution is -2.00. The maximum atomic E-state index is 10.5. The van der Waals surface area contributed by atoms with E-state index in [1.807, 2.05) is 0 Å². The van der Waals surface area contributed by atoms with Crippen molar-refractivity contribution in [3.8, 4) is 0 Å². The Morgan fingerprint density at radius 1 is 0.895 bits per heavy atom. The highest BCUT2D eigenvalue weighted by atomic mass is 79.9. The van der Waals surface area contributed by atoms with Crippen molar-refractivity contribution in [1.82, 2.24) is 0 Å². The molecule has 0 aromatic heterocycles. The second-order valence-corrected chi connectivity index (χ2v) is 5.70. The second kappa shape index (κ2) is 15.7. The Labute approximate surface area is 127 Å². The Balaban J connectivity index is 3.01. The molecule has 0 unspecified atom stereocenters. The molecule has 0 fully saturated rings. The number of allylic oxidation sites excluding steroid dienone is 2. The normalized spacial score (nSPS) is 11.1. The van der Waals surface area contributed by atoms with E-state index in [0.717, 1.165) is 18.2 Å². The van der Waals surface area contributed by atoms with Crippen LogP contribution >= 0.6 is 15.9 Å². The van der Waals surface area contributed by atoms with Crippen LogP contribution in [0.15, 0.2) is 12.2 Å². The van der Waals surface area contributed by atoms with Gasteiger partial charge in [0.25, 0.3) is 0 Å². The fraction of sp³-hybridized carbons (Fsp3) is 0.812. The van der Waals surface area contributed by atoms with Crippen molar-refractivity contribution < 1.29 is 9.53 Å². The van der Waals surface area contributed by atoms with Gasteiger partial charge in [-0.3, -0.25) is 4.79 Å². The number of carbonyl (C=O) groups is 1. The number of unbranched alkanes of at least 4 members (excludes halogenated alkanes) is 8. The molecule has 0 rings (SSSR count). The first-order chi connectivity index (χ1) is 9.27. The highest BCUT2D eigenvalue weighted by molar-refractivity contribution is 9.09. The van der Waals surface area contributed by atoms with E-state index in [-0.39, 0.29) is 5.97 Å². The maximum Gasteiger partial charge on any atom is 0.302 e. The van der Waals surface area contributed by atoms with Gasteiger partial charge in [0.1, 0.15) is 0 Å². The molecule has 0 aromatic rings. The van der Waals surface area contributed by atoms with Crippen molar-refractivity contribution in [2.24, 2.45) is 0 Å². The first-order valence-electron chi connectivity index (χ1n) is 7.61. The first-order valence-corrected chi connectivity index (χ1v) is 8.74. The molecule has 0 aliphatic heterocycles. The third kappa shape index (κ3) is 17.7. The van der Waals surface area contributed by atoms with Gasteiger partial charge in [0.05, 0.1) is 6.61 Å². The number of hydrogen-bond donors (Lipinski definition) is 0. The number of rotatable bonds is 13. The van der Waals surface area contributed by atoms with E-state index in [1.54, 1.807) is 0 Å². The summed E-state index contributed by atoms with van der Waals surface area (Å²) in [5, 5.41) is 1.07. The van der Waals surface area contributed by atoms with Gasteiger partial charge in [0, 0.05) is 12.3 Å². The predicted octanol–water partition coefficient (Wildman–Crippen LogP) is 5.40. The SMILES string of the molecule is CC(=O)OCCCCCCCCCC/C=C/CCBr. The van der Waals surface area contributed by atoms with Gasteiger partial charge in [-0.1, -0.05) is 66.6 Å².